The molecule has 0 saturated carbocycles. The Hall–Kier alpha value is -1.35. The van der Waals surface area contributed by atoms with E-state index in [9.17, 15) is 8.42 Å². The zero-order chi connectivity index (χ0) is 14.9. The summed E-state index contributed by atoms with van der Waals surface area (Å²) in [5, 5.41) is 0. The van der Waals surface area contributed by atoms with E-state index in [0.717, 1.165) is 5.56 Å². The van der Waals surface area contributed by atoms with Crippen molar-refractivity contribution in [1.82, 2.24) is 8.61 Å². The predicted molar refractivity (Wildman–Crippen MR) is 75.3 cm³/mol. The molecule has 7 nitrogen and oxygen atoms in total. The lowest BCUT2D eigenvalue weighted by Gasteiger charge is -2.30. The summed E-state index contributed by atoms with van der Waals surface area (Å²) in [4.78, 5) is 0. The lowest BCUT2D eigenvalue weighted by Crippen LogP contribution is -2.47. The van der Waals surface area contributed by atoms with Crippen molar-refractivity contribution in [3.05, 3.63) is 23.8 Å². The summed E-state index contributed by atoms with van der Waals surface area (Å²) in [5.41, 5.74) is 0.860. The van der Waals surface area contributed by atoms with Crippen molar-refractivity contribution in [2.75, 3.05) is 40.1 Å². The molecule has 0 aliphatic carbocycles. The third-order valence-corrected chi connectivity index (χ3v) is 5.47. The van der Waals surface area contributed by atoms with E-state index in [1.54, 1.807) is 13.1 Å². The van der Waals surface area contributed by atoms with Crippen molar-refractivity contribution >= 4 is 10.2 Å². The molecule has 1 aromatic rings. The predicted octanol–water partition coefficient (Wildman–Crippen LogP) is 0.424. The van der Waals surface area contributed by atoms with Gasteiger partial charge in [-0.25, -0.2) is 0 Å². The van der Waals surface area contributed by atoms with Gasteiger partial charge >= 0.3 is 0 Å². The number of hydrogen-bond donors (Lipinski definition) is 0. The van der Waals surface area contributed by atoms with Gasteiger partial charge in [-0.2, -0.15) is 17.0 Å². The first-order valence-electron chi connectivity index (χ1n) is 6.75. The highest BCUT2D eigenvalue weighted by molar-refractivity contribution is 7.86. The van der Waals surface area contributed by atoms with Gasteiger partial charge in [-0.05, 0) is 17.7 Å². The second kappa shape index (κ2) is 5.80. The van der Waals surface area contributed by atoms with Crippen LogP contribution in [0.15, 0.2) is 18.2 Å². The SMILES string of the molecule is CN(Cc1ccc2c(c1)OCO2)S(=O)(=O)N1CCOCC1. The van der Waals surface area contributed by atoms with Crippen LogP contribution in [0, 0.1) is 0 Å². The van der Waals surface area contributed by atoms with Crippen LogP contribution >= 0.6 is 0 Å². The van der Waals surface area contributed by atoms with Crippen molar-refractivity contribution in [2.45, 2.75) is 6.54 Å². The first kappa shape index (κ1) is 14.6. The van der Waals surface area contributed by atoms with Crippen LogP contribution in [0.4, 0.5) is 0 Å². The zero-order valence-corrected chi connectivity index (χ0v) is 12.6. The standard InChI is InChI=1S/C13H18N2O5S/c1-14(21(16,17)15-4-6-18-7-5-15)9-11-2-3-12-13(8-11)20-10-19-12/h2-3,8H,4-7,9-10H2,1H3. The molecule has 3 rings (SSSR count). The van der Waals surface area contributed by atoms with Gasteiger partial charge in [-0.1, -0.05) is 6.07 Å². The van der Waals surface area contributed by atoms with Crippen LogP contribution in [0.3, 0.4) is 0 Å². The summed E-state index contributed by atoms with van der Waals surface area (Å²) in [6, 6.07) is 5.46. The molecule has 0 atom stereocenters. The van der Waals surface area contributed by atoms with Crippen molar-refractivity contribution in [2.24, 2.45) is 0 Å². The van der Waals surface area contributed by atoms with E-state index in [2.05, 4.69) is 0 Å². The van der Waals surface area contributed by atoms with Crippen LogP contribution in [0.25, 0.3) is 0 Å². The Morgan fingerprint density at radius 1 is 1.19 bits per heavy atom. The maximum absolute atomic E-state index is 12.5. The molecular weight excluding hydrogens is 296 g/mol. The molecule has 0 unspecified atom stereocenters. The third-order valence-electron chi connectivity index (χ3n) is 3.53. The molecule has 1 fully saturated rings. The fourth-order valence-electron chi connectivity index (χ4n) is 2.35. The molecule has 0 N–H and O–H groups in total. The van der Waals surface area contributed by atoms with E-state index in [1.807, 2.05) is 12.1 Å². The van der Waals surface area contributed by atoms with Gasteiger partial charge in [0, 0.05) is 26.7 Å². The third kappa shape index (κ3) is 2.98. The molecule has 2 aliphatic heterocycles. The van der Waals surface area contributed by atoms with Crippen LogP contribution in [-0.2, 0) is 21.5 Å². The number of fused-ring (bicyclic) bond motifs is 1. The van der Waals surface area contributed by atoms with Gasteiger partial charge in [0.1, 0.15) is 0 Å². The molecule has 0 amide bonds. The van der Waals surface area contributed by atoms with Gasteiger partial charge in [0.2, 0.25) is 6.79 Å². The minimum absolute atomic E-state index is 0.209. The van der Waals surface area contributed by atoms with Crippen LogP contribution in [0.5, 0.6) is 11.5 Å². The second-order valence-corrected chi connectivity index (χ2v) is 7.00. The largest absolute Gasteiger partial charge is 0.454 e. The number of benzene rings is 1. The summed E-state index contributed by atoms with van der Waals surface area (Å²) in [6.45, 7) is 2.17. The van der Waals surface area contributed by atoms with E-state index in [0.29, 0.717) is 37.8 Å². The summed E-state index contributed by atoms with van der Waals surface area (Å²) < 4.78 is 43.5. The summed E-state index contributed by atoms with van der Waals surface area (Å²) in [7, 11) is -1.88. The van der Waals surface area contributed by atoms with Crippen LogP contribution in [-0.4, -0.2) is 57.2 Å². The van der Waals surface area contributed by atoms with Gasteiger partial charge in [-0.3, -0.25) is 0 Å². The Labute approximate surface area is 124 Å². The number of ether oxygens (including phenoxy) is 3. The Balaban J connectivity index is 1.71. The average Bonchev–Trinajstić information content (AvgIpc) is 2.95. The summed E-state index contributed by atoms with van der Waals surface area (Å²) in [5.74, 6) is 1.35. The molecule has 21 heavy (non-hydrogen) atoms. The lowest BCUT2D eigenvalue weighted by molar-refractivity contribution is 0.0705. The minimum atomic E-state index is -3.46. The van der Waals surface area contributed by atoms with Crippen LogP contribution < -0.4 is 9.47 Å². The molecule has 1 aromatic carbocycles. The normalized spacial score (nSPS) is 19.1. The summed E-state index contributed by atoms with van der Waals surface area (Å²) in [6.07, 6.45) is 0. The maximum atomic E-state index is 12.5. The smallest absolute Gasteiger partial charge is 0.282 e. The highest BCUT2D eigenvalue weighted by Gasteiger charge is 2.28. The molecule has 1 saturated heterocycles. The molecule has 0 bridgehead atoms. The topological polar surface area (TPSA) is 68.3 Å². The second-order valence-electron chi connectivity index (χ2n) is 4.96. The fourth-order valence-corrected chi connectivity index (χ4v) is 3.67. The molecule has 2 aliphatic rings. The monoisotopic (exact) mass is 314 g/mol. The molecule has 116 valence electrons. The number of hydrogen-bond acceptors (Lipinski definition) is 5. The highest BCUT2D eigenvalue weighted by atomic mass is 32.2. The Morgan fingerprint density at radius 2 is 1.90 bits per heavy atom. The van der Waals surface area contributed by atoms with Crippen molar-refractivity contribution in [3.8, 4) is 11.5 Å². The van der Waals surface area contributed by atoms with Crippen molar-refractivity contribution in [1.29, 1.82) is 0 Å². The molecule has 8 heteroatoms. The van der Waals surface area contributed by atoms with Crippen molar-refractivity contribution < 1.29 is 22.6 Å². The lowest BCUT2D eigenvalue weighted by atomic mass is 10.2. The van der Waals surface area contributed by atoms with Gasteiger partial charge in [0.25, 0.3) is 10.2 Å². The molecular formula is C13H18N2O5S. The van der Waals surface area contributed by atoms with Crippen LogP contribution in [0.1, 0.15) is 5.56 Å². The highest BCUT2D eigenvalue weighted by Crippen LogP contribution is 2.32. The van der Waals surface area contributed by atoms with Crippen molar-refractivity contribution in [3.63, 3.8) is 0 Å². The van der Waals surface area contributed by atoms with E-state index >= 15 is 0 Å². The van der Waals surface area contributed by atoms with E-state index < -0.39 is 10.2 Å². The van der Waals surface area contributed by atoms with E-state index in [1.165, 1.54) is 8.61 Å². The zero-order valence-electron chi connectivity index (χ0n) is 11.8. The molecule has 0 radical (unpaired) electrons. The molecule has 0 spiro atoms. The van der Waals surface area contributed by atoms with E-state index in [4.69, 9.17) is 14.2 Å². The number of rotatable bonds is 4. The number of morpholine rings is 1. The molecule has 2 heterocycles. The fraction of sp³-hybridized carbons (Fsp3) is 0.538. The van der Waals surface area contributed by atoms with Gasteiger partial charge < -0.3 is 14.2 Å². The Bertz CT molecular complexity index is 613. The minimum Gasteiger partial charge on any atom is -0.454 e. The summed E-state index contributed by atoms with van der Waals surface area (Å²) >= 11 is 0. The molecule has 0 aromatic heterocycles. The van der Waals surface area contributed by atoms with E-state index in [-0.39, 0.29) is 13.3 Å². The number of nitrogens with zero attached hydrogens (tertiary/aromatic N) is 2. The van der Waals surface area contributed by atoms with Gasteiger partial charge in [0.05, 0.1) is 13.2 Å². The van der Waals surface area contributed by atoms with Gasteiger partial charge in [0.15, 0.2) is 11.5 Å². The first-order valence-corrected chi connectivity index (χ1v) is 8.15. The Kier molecular flexibility index (Phi) is 4.03. The van der Waals surface area contributed by atoms with Gasteiger partial charge in [-0.15, -0.1) is 0 Å². The van der Waals surface area contributed by atoms with Crippen LogP contribution in [0.2, 0.25) is 0 Å². The Morgan fingerprint density at radius 3 is 2.67 bits per heavy atom. The quantitative estimate of drug-likeness (QED) is 0.806. The maximum Gasteiger partial charge on any atom is 0.282 e. The first-order chi connectivity index (χ1) is 10.1. The average molecular weight is 314 g/mol.